The van der Waals surface area contributed by atoms with Gasteiger partial charge in [-0.3, -0.25) is 0 Å². The summed E-state index contributed by atoms with van der Waals surface area (Å²) in [5.41, 5.74) is 1.52. The van der Waals surface area contributed by atoms with E-state index in [9.17, 15) is 0 Å². The summed E-state index contributed by atoms with van der Waals surface area (Å²) in [7, 11) is 0. The van der Waals surface area contributed by atoms with E-state index >= 15 is 0 Å². The molecule has 0 bridgehead atoms. The second-order valence-electron chi connectivity index (χ2n) is 4.60. The van der Waals surface area contributed by atoms with E-state index in [1.807, 2.05) is 0 Å². The summed E-state index contributed by atoms with van der Waals surface area (Å²) >= 11 is 0. The molecule has 0 saturated heterocycles. The minimum atomic E-state index is 0.988. The van der Waals surface area contributed by atoms with E-state index in [-0.39, 0.29) is 0 Å². The lowest BCUT2D eigenvalue weighted by atomic mass is 9.77. The second kappa shape index (κ2) is 2.66. The molecule has 2 saturated carbocycles. The van der Waals surface area contributed by atoms with Crippen LogP contribution >= 0.6 is 0 Å². The van der Waals surface area contributed by atoms with Gasteiger partial charge in [0.15, 0.2) is 0 Å². The van der Waals surface area contributed by atoms with Gasteiger partial charge in [0.05, 0.1) is 0 Å². The molecule has 2 rings (SSSR count). The molecule has 0 aliphatic heterocycles. The monoisotopic (exact) mass is 150 g/mol. The number of rotatable bonds is 0. The van der Waals surface area contributed by atoms with Gasteiger partial charge in [-0.15, -0.1) is 0 Å². The van der Waals surface area contributed by atoms with Gasteiger partial charge in [-0.2, -0.15) is 0 Å². The third-order valence-corrected chi connectivity index (χ3v) is 3.50. The fraction of sp³-hybridized carbons (Fsp3) is 0.818. The van der Waals surface area contributed by atoms with Crippen LogP contribution in [0.2, 0.25) is 0 Å². The predicted octanol–water partition coefficient (Wildman–Crippen LogP) is 3.39. The maximum absolute atomic E-state index is 4.10. The number of fused-ring (bicyclic) bond motifs is 1. The molecule has 3 unspecified atom stereocenters. The Bertz CT molecular complexity index is 169. The summed E-state index contributed by atoms with van der Waals surface area (Å²) in [4.78, 5) is 0. The summed E-state index contributed by atoms with van der Waals surface area (Å²) in [5.74, 6) is 3.03. The quantitative estimate of drug-likeness (QED) is 0.464. The Hall–Kier alpha value is -0.260. The SMILES string of the molecule is C=C1CC2CCC(C)CC2C1. The average molecular weight is 150 g/mol. The van der Waals surface area contributed by atoms with Crippen molar-refractivity contribution in [1.29, 1.82) is 0 Å². The number of hydrogen-bond donors (Lipinski definition) is 0. The predicted molar refractivity (Wildman–Crippen MR) is 48.4 cm³/mol. The molecule has 0 aromatic rings. The smallest absolute Gasteiger partial charge is 0.0292 e. The molecule has 0 heteroatoms. The molecule has 3 atom stereocenters. The molecule has 0 spiro atoms. The van der Waals surface area contributed by atoms with Crippen LogP contribution in [0.3, 0.4) is 0 Å². The van der Waals surface area contributed by atoms with Crippen molar-refractivity contribution >= 4 is 0 Å². The lowest BCUT2D eigenvalue weighted by Gasteiger charge is -2.29. The van der Waals surface area contributed by atoms with Gasteiger partial charge < -0.3 is 0 Å². The second-order valence-corrected chi connectivity index (χ2v) is 4.60. The van der Waals surface area contributed by atoms with Crippen molar-refractivity contribution in [1.82, 2.24) is 0 Å². The van der Waals surface area contributed by atoms with Crippen LogP contribution < -0.4 is 0 Å². The first-order valence-corrected chi connectivity index (χ1v) is 4.92. The van der Waals surface area contributed by atoms with Crippen LogP contribution in [0.5, 0.6) is 0 Å². The molecule has 0 aromatic carbocycles. The first-order valence-electron chi connectivity index (χ1n) is 4.92. The van der Waals surface area contributed by atoms with E-state index in [1.54, 1.807) is 0 Å². The number of allylic oxidation sites excluding steroid dienone is 1. The van der Waals surface area contributed by atoms with Crippen LogP contribution in [-0.2, 0) is 0 Å². The third-order valence-electron chi connectivity index (χ3n) is 3.50. The summed E-state index contributed by atoms with van der Waals surface area (Å²) in [6.07, 6.45) is 7.11. The van der Waals surface area contributed by atoms with Crippen LogP contribution in [0.4, 0.5) is 0 Å². The molecule has 2 aliphatic carbocycles. The van der Waals surface area contributed by atoms with Gasteiger partial charge in [-0.25, -0.2) is 0 Å². The standard InChI is InChI=1S/C11H18/c1-8-3-4-10-6-9(2)7-11(10)5-8/h8,10-11H,2-7H2,1H3. The Morgan fingerprint density at radius 2 is 1.91 bits per heavy atom. The third kappa shape index (κ3) is 1.36. The fourth-order valence-electron chi connectivity index (χ4n) is 2.91. The number of hydrogen-bond acceptors (Lipinski definition) is 0. The Balaban J connectivity index is 2.02. The maximum atomic E-state index is 4.10. The van der Waals surface area contributed by atoms with Gasteiger partial charge in [0.1, 0.15) is 0 Å². The Morgan fingerprint density at radius 3 is 2.73 bits per heavy atom. The molecule has 0 N–H and O–H groups in total. The van der Waals surface area contributed by atoms with Gasteiger partial charge in [0.2, 0.25) is 0 Å². The topological polar surface area (TPSA) is 0 Å². The van der Waals surface area contributed by atoms with E-state index in [2.05, 4.69) is 13.5 Å². The van der Waals surface area contributed by atoms with Crippen molar-refractivity contribution in [2.75, 3.05) is 0 Å². The first kappa shape index (κ1) is 7.39. The van der Waals surface area contributed by atoms with Crippen LogP contribution in [-0.4, -0.2) is 0 Å². The summed E-state index contributed by atoms with van der Waals surface area (Å²) in [5, 5.41) is 0. The van der Waals surface area contributed by atoms with Crippen molar-refractivity contribution in [2.24, 2.45) is 17.8 Å². The zero-order valence-electron chi connectivity index (χ0n) is 7.47. The van der Waals surface area contributed by atoms with E-state index in [1.165, 1.54) is 37.7 Å². The molecule has 0 aromatic heterocycles. The normalized spacial score (nSPS) is 44.1. The van der Waals surface area contributed by atoms with E-state index in [4.69, 9.17) is 0 Å². The van der Waals surface area contributed by atoms with E-state index < -0.39 is 0 Å². The minimum absolute atomic E-state index is 0.988. The highest BCUT2D eigenvalue weighted by Gasteiger charge is 2.33. The Kier molecular flexibility index (Phi) is 1.78. The fourth-order valence-corrected chi connectivity index (χ4v) is 2.91. The van der Waals surface area contributed by atoms with E-state index in [0.29, 0.717) is 0 Å². The lowest BCUT2D eigenvalue weighted by Crippen LogP contribution is -2.18. The van der Waals surface area contributed by atoms with Crippen LogP contribution in [0.25, 0.3) is 0 Å². The van der Waals surface area contributed by atoms with Crippen LogP contribution in [0, 0.1) is 17.8 Å². The zero-order valence-corrected chi connectivity index (χ0v) is 7.47. The maximum Gasteiger partial charge on any atom is -0.0292 e. The molecule has 0 nitrogen and oxygen atoms in total. The largest absolute Gasteiger partial charge is 0.0998 e. The molecule has 0 heterocycles. The van der Waals surface area contributed by atoms with Crippen LogP contribution in [0.1, 0.15) is 39.0 Å². The average Bonchev–Trinajstić information content (AvgIpc) is 2.27. The van der Waals surface area contributed by atoms with Gasteiger partial charge in [-0.05, 0) is 43.4 Å². The summed E-state index contributed by atoms with van der Waals surface area (Å²) < 4.78 is 0. The van der Waals surface area contributed by atoms with Crippen molar-refractivity contribution in [2.45, 2.75) is 39.0 Å². The highest BCUT2D eigenvalue weighted by molar-refractivity contribution is 5.07. The Morgan fingerprint density at radius 1 is 1.18 bits per heavy atom. The Labute approximate surface area is 69.7 Å². The molecule has 0 radical (unpaired) electrons. The lowest BCUT2D eigenvalue weighted by molar-refractivity contribution is 0.220. The first-order chi connectivity index (χ1) is 5.25. The molecular formula is C11H18. The zero-order chi connectivity index (χ0) is 7.84. The summed E-state index contributed by atoms with van der Waals surface area (Å²) in [6.45, 7) is 6.50. The highest BCUT2D eigenvalue weighted by atomic mass is 14.4. The molecule has 11 heavy (non-hydrogen) atoms. The van der Waals surface area contributed by atoms with Crippen molar-refractivity contribution < 1.29 is 0 Å². The molecule has 2 aliphatic rings. The molecule has 2 fully saturated rings. The minimum Gasteiger partial charge on any atom is -0.0998 e. The highest BCUT2D eigenvalue weighted by Crippen LogP contribution is 2.45. The van der Waals surface area contributed by atoms with E-state index in [0.717, 1.165) is 17.8 Å². The molecule has 62 valence electrons. The van der Waals surface area contributed by atoms with Crippen molar-refractivity contribution in [3.63, 3.8) is 0 Å². The molecule has 0 amide bonds. The van der Waals surface area contributed by atoms with Gasteiger partial charge >= 0.3 is 0 Å². The van der Waals surface area contributed by atoms with Gasteiger partial charge in [0.25, 0.3) is 0 Å². The molecular weight excluding hydrogens is 132 g/mol. The van der Waals surface area contributed by atoms with Crippen LogP contribution in [0.15, 0.2) is 12.2 Å². The van der Waals surface area contributed by atoms with Crippen molar-refractivity contribution in [3.05, 3.63) is 12.2 Å². The van der Waals surface area contributed by atoms with Gasteiger partial charge in [-0.1, -0.05) is 25.5 Å². The van der Waals surface area contributed by atoms with Crippen molar-refractivity contribution in [3.8, 4) is 0 Å². The summed E-state index contributed by atoms with van der Waals surface area (Å²) in [6, 6.07) is 0. The van der Waals surface area contributed by atoms with Gasteiger partial charge in [0, 0.05) is 0 Å².